The Morgan fingerprint density at radius 3 is 2.35 bits per heavy atom. The summed E-state index contributed by atoms with van der Waals surface area (Å²) in [6.45, 7) is 0.442. The molecule has 0 saturated carbocycles. The number of benzene rings is 1. The number of hydrogen-bond donors (Lipinski definition) is 1. The molecule has 0 spiro atoms. The summed E-state index contributed by atoms with van der Waals surface area (Å²) in [5.41, 5.74) is 0. The van der Waals surface area contributed by atoms with Gasteiger partial charge >= 0.3 is 10.2 Å². The van der Waals surface area contributed by atoms with Crippen molar-refractivity contribution in [2.24, 2.45) is 0 Å². The SMILES string of the molecule is O=S(=O)(F)CCCCCOc1ccc(O)cc1. The molecule has 4 nitrogen and oxygen atoms in total. The molecule has 0 bridgehead atoms. The minimum absolute atomic E-state index is 0.172. The van der Waals surface area contributed by atoms with Crippen LogP contribution in [0.25, 0.3) is 0 Å². The van der Waals surface area contributed by atoms with Gasteiger partial charge in [-0.2, -0.15) is 8.42 Å². The quantitative estimate of drug-likeness (QED) is 0.604. The number of phenolic OH excluding ortho intramolecular Hbond substituents is 1. The minimum Gasteiger partial charge on any atom is -0.508 e. The summed E-state index contributed by atoms with van der Waals surface area (Å²) in [6.07, 6.45) is 1.56. The molecule has 6 heteroatoms. The highest BCUT2D eigenvalue weighted by atomic mass is 32.3. The third-order valence-corrected chi connectivity index (χ3v) is 2.91. The van der Waals surface area contributed by atoms with E-state index < -0.39 is 16.0 Å². The summed E-state index contributed by atoms with van der Waals surface area (Å²) in [7, 11) is -4.34. The van der Waals surface area contributed by atoms with Crippen molar-refractivity contribution >= 4 is 10.2 Å². The zero-order chi connectivity index (χ0) is 12.7. The Morgan fingerprint density at radius 1 is 1.12 bits per heavy atom. The van der Waals surface area contributed by atoms with Crippen LogP contribution in [0.15, 0.2) is 24.3 Å². The lowest BCUT2D eigenvalue weighted by Gasteiger charge is -2.05. The predicted molar refractivity (Wildman–Crippen MR) is 62.3 cm³/mol. The minimum atomic E-state index is -4.34. The molecule has 0 aliphatic carbocycles. The Bertz CT molecular complexity index is 427. The number of ether oxygens (including phenoxy) is 1. The molecule has 1 aromatic rings. The van der Waals surface area contributed by atoms with E-state index in [2.05, 4.69) is 0 Å². The van der Waals surface area contributed by atoms with E-state index in [0.717, 1.165) is 0 Å². The maximum absolute atomic E-state index is 12.1. The number of rotatable bonds is 7. The van der Waals surface area contributed by atoms with Crippen LogP contribution in [0.2, 0.25) is 0 Å². The molecule has 1 rings (SSSR count). The molecule has 0 aromatic heterocycles. The molecule has 17 heavy (non-hydrogen) atoms. The molecule has 0 fully saturated rings. The van der Waals surface area contributed by atoms with Crippen LogP contribution in [0.4, 0.5) is 3.89 Å². The van der Waals surface area contributed by atoms with Gasteiger partial charge in [-0.3, -0.25) is 0 Å². The summed E-state index contributed by atoms with van der Waals surface area (Å²) in [5.74, 6) is 0.387. The van der Waals surface area contributed by atoms with Gasteiger partial charge in [-0.1, -0.05) is 0 Å². The summed E-state index contributed by atoms with van der Waals surface area (Å²) in [4.78, 5) is 0. The van der Waals surface area contributed by atoms with Crippen LogP contribution in [0.1, 0.15) is 19.3 Å². The number of halogens is 1. The second kappa shape index (κ2) is 6.44. The lowest BCUT2D eigenvalue weighted by molar-refractivity contribution is 0.305. The fraction of sp³-hybridized carbons (Fsp3) is 0.455. The van der Waals surface area contributed by atoms with Gasteiger partial charge in [0.15, 0.2) is 0 Å². The highest BCUT2D eigenvalue weighted by Crippen LogP contribution is 2.16. The van der Waals surface area contributed by atoms with Gasteiger partial charge in [-0.15, -0.1) is 3.89 Å². The first-order valence-electron chi connectivity index (χ1n) is 5.31. The van der Waals surface area contributed by atoms with Gasteiger partial charge in [0, 0.05) is 0 Å². The van der Waals surface area contributed by atoms with Gasteiger partial charge in [0.05, 0.1) is 12.4 Å². The Kier molecular flexibility index (Phi) is 5.21. The standard InChI is InChI=1S/C11H15FO4S/c12-17(14,15)9-3-1-2-8-16-11-6-4-10(13)5-7-11/h4-7,13H,1-3,8-9H2. The lowest BCUT2D eigenvalue weighted by Crippen LogP contribution is -2.01. The lowest BCUT2D eigenvalue weighted by atomic mass is 10.2. The van der Waals surface area contributed by atoms with Gasteiger partial charge in [0.2, 0.25) is 0 Å². The Balaban J connectivity index is 2.10. The second-order valence-electron chi connectivity index (χ2n) is 3.65. The molecule has 0 aliphatic rings. The fourth-order valence-corrected chi connectivity index (χ4v) is 1.83. The molecule has 0 unspecified atom stereocenters. The Labute approximate surface area is 100 Å². The van der Waals surface area contributed by atoms with Crippen molar-refractivity contribution < 1.29 is 22.1 Å². The highest BCUT2D eigenvalue weighted by Gasteiger charge is 2.05. The number of hydrogen-bond acceptors (Lipinski definition) is 4. The van der Waals surface area contributed by atoms with Gasteiger partial charge in [0.1, 0.15) is 11.5 Å². The van der Waals surface area contributed by atoms with Crippen LogP contribution in [0.3, 0.4) is 0 Å². The molecule has 0 amide bonds. The molecule has 96 valence electrons. The number of phenols is 1. The van der Waals surface area contributed by atoms with Gasteiger partial charge in [-0.25, -0.2) is 0 Å². The van der Waals surface area contributed by atoms with Crippen LogP contribution in [0, 0.1) is 0 Å². The third-order valence-electron chi connectivity index (χ3n) is 2.14. The van der Waals surface area contributed by atoms with Crippen LogP contribution in [-0.4, -0.2) is 25.9 Å². The van der Waals surface area contributed by atoms with E-state index in [4.69, 9.17) is 9.84 Å². The molecule has 0 aliphatic heterocycles. The van der Waals surface area contributed by atoms with E-state index in [9.17, 15) is 12.3 Å². The van der Waals surface area contributed by atoms with Gasteiger partial charge in [-0.05, 0) is 43.5 Å². The van der Waals surface area contributed by atoms with Crippen molar-refractivity contribution in [3.8, 4) is 11.5 Å². The third kappa shape index (κ3) is 6.78. The molecule has 0 radical (unpaired) electrons. The van der Waals surface area contributed by atoms with E-state index in [-0.39, 0.29) is 5.75 Å². The first-order valence-corrected chi connectivity index (χ1v) is 6.87. The van der Waals surface area contributed by atoms with Gasteiger partial charge < -0.3 is 9.84 Å². The van der Waals surface area contributed by atoms with Gasteiger partial charge in [0.25, 0.3) is 0 Å². The topological polar surface area (TPSA) is 63.6 Å². The van der Waals surface area contributed by atoms with Crippen molar-refractivity contribution in [1.82, 2.24) is 0 Å². The molecular weight excluding hydrogens is 247 g/mol. The summed E-state index contributed by atoms with van der Waals surface area (Å²) in [5, 5.41) is 9.03. The average Bonchev–Trinajstić information content (AvgIpc) is 2.24. The zero-order valence-electron chi connectivity index (χ0n) is 9.30. The van der Waals surface area contributed by atoms with E-state index in [1.54, 1.807) is 12.1 Å². The largest absolute Gasteiger partial charge is 0.508 e. The number of aromatic hydroxyl groups is 1. The highest BCUT2D eigenvalue weighted by molar-refractivity contribution is 7.86. The van der Waals surface area contributed by atoms with Crippen LogP contribution >= 0.6 is 0 Å². The first-order chi connectivity index (χ1) is 7.97. The van der Waals surface area contributed by atoms with E-state index in [0.29, 0.717) is 31.6 Å². The first kappa shape index (κ1) is 13.8. The second-order valence-corrected chi connectivity index (χ2v) is 5.13. The van der Waals surface area contributed by atoms with Crippen molar-refractivity contribution in [2.45, 2.75) is 19.3 Å². The molecule has 1 aromatic carbocycles. The summed E-state index contributed by atoms with van der Waals surface area (Å²) >= 11 is 0. The van der Waals surface area contributed by atoms with E-state index in [1.165, 1.54) is 12.1 Å². The molecular formula is C11H15FO4S. The summed E-state index contributed by atoms with van der Waals surface area (Å²) < 4.78 is 37.8. The molecule has 1 N–H and O–H groups in total. The fourth-order valence-electron chi connectivity index (χ4n) is 1.29. The maximum Gasteiger partial charge on any atom is 0.302 e. The zero-order valence-corrected chi connectivity index (χ0v) is 10.1. The van der Waals surface area contributed by atoms with Crippen LogP contribution < -0.4 is 4.74 Å². The van der Waals surface area contributed by atoms with Crippen molar-refractivity contribution in [2.75, 3.05) is 12.4 Å². The van der Waals surface area contributed by atoms with Crippen molar-refractivity contribution in [3.63, 3.8) is 0 Å². The Hall–Kier alpha value is -1.30. The van der Waals surface area contributed by atoms with E-state index in [1.807, 2.05) is 0 Å². The van der Waals surface area contributed by atoms with Crippen LogP contribution in [-0.2, 0) is 10.2 Å². The monoisotopic (exact) mass is 262 g/mol. The Morgan fingerprint density at radius 2 is 1.76 bits per heavy atom. The molecule has 0 saturated heterocycles. The van der Waals surface area contributed by atoms with Crippen molar-refractivity contribution in [1.29, 1.82) is 0 Å². The maximum atomic E-state index is 12.1. The molecule has 0 heterocycles. The normalized spacial score (nSPS) is 11.4. The average molecular weight is 262 g/mol. The summed E-state index contributed by atoms with van der Waals surface area (Å²) in [6, 6.07) is 6.32. The number of unbranched alkanes of at least 4 members (excludes halogenated alkanes) is 2. The van der Waals surface area contributed by atoms with Crippen molar-refractivity contribution in [3.05, 3.63) is 24.3 Å². The van der Waals surface area contributed by atoms with Crippen LogP contribution in [0.5, 0.6) is 11.5 Å². The van der Waals surface area contributed by atoms with E-state index >= 15 is 0 Å². The molecule has 0 atom stereocenters. The predicted octanol–water partition coefficient (Wildman–Crippen LogP) is 2.24. The smallest absolute Gasteiger partial charge is 0.302 e.